The zero-order valence-corrected chi connectivity index (χ0v) is 11.7. The van der Waals surface area contributed by atoms with Gasteiger partial charge in [0.1, 0.15) is 5.75 Å². The van der Waals surface area contributed by atoms with Crippen molar-refractivity contribution < 1.29 is 9.53 Å². The molecule has 2 rings (SSSR count). The van der Waals surface area contributed by atoms with E-state index in [0.717, 1.165) is 5.56 Å². The van der Waals surface area contributed by atoms with Gasteiger partial charge in [0.2, 0.25) is 5.91 Å². The number of anilines is 1. The molecular weight excluding hydrogens is 274 g/mol. The summed E-state index contributed by atoms with van der Waals surface area (Å²) in [6, 6.07) is 14.6. The van der Waals surface area contributed by atoms with Gasteiger partial charge in [-0.05, 0) is 29.8 Å². The average Bonchev–Trinajstić information content (AvgIpc) is 2.47. The molecule has 0 aliphatic rings. The van der Waals surface area contributed by atoms with Crippen LogP contribution in [0.1, 0.15) is 5.56 Å². The van der Waals surface area contributed by atoms with E-state index >= 15 is 0 Å². The molecular formula is C16H14ClNO2. The van der Waals surface area contributed by atoms with Crippen LogP contribution in [0.2, 0.25) is 5.02 Å². The van der Waals surface area contributed by atoms with Crippen molar-refractivity contribution in [3.63, 3.8) is 0 Å². The van der Waals surface area contributed by atoms with Gasteiger partial charge in [-0.3, -0.25) is 4.79 Å². The summed E-state index contributed by atoms with van der Waals surface area (Å²) in [5, 5.41) is 3.36. The van der Waals surface area contributed by atoms with Crippen molar-refractivity contribution in [3.05, 3.63) is 65.2 Å². The van der Waals surface area contributed by atoms with Crippen LogP contribution < -0.4 is 10.1 Å². The lowest BCUT2D eigenvalue weighted by Crippen LogP contribution is -2.08. The number of hydrogen-bond donors (Lipinski definition) is 1. The van der Waals surface area contributed by atoms with Crippen LogP contribution in [0, 0.1) is 0 Å². The van der Waals surface area contributed by atoms with E-state index in [1.807, 2.05) is 30.3 Å². The third kappa shape index (κ3) is 3.62. The summed E-state index contributed by atoms with van der Waals surface area (Å²) in [6.45, 7) is 0. The van der Waals surface area contributed by atoms with E-state index in [9.17, 15) is 4.79 Å². The van der Waals surface area contributed by atoms with E-state index in [0.29, 0.717) is 16.5 Å². The molecule has 2 aromatic carbocycles. The second-order valence-electron chi connectivity index (χ2n) is 4.04. The van der Waals surface area contributed by atoms with E-state index in [2.05, 4.69) is 5.32 Å². The monoisotopic (exact) mass is 287 g/mol. The largest absolute Gasteiger partial charge is 0.495 e. The predicted octanol–water partition coefficient (Wildman–Crippen LogP) is 4.00. The first-order chi connectivity index (χ1) is 9.70. The summed E-state index contributed by atoms with van der Waals surface area (Å²) < 4.78 is 5.17. The van der Waals surface area contributed by atoms with Gasteiger partial charge in [-0.2, -0.15) is 0 Å². The molecule has 0 radical (unpaired) electrons. The van der Waals surface area contributed by atoms with Crippen molar-refractivity contribution in [1.29, 1.82) is 0 Å². The molecule has 1 amide bonds. The Labute approximate surface area is 122 Å². The van der Waals surface area contributed by atoms with Crippen LogP contribution >= 0.6 is 11.6 Å². The summed E-state index contributed by atoms with van der Waals surface area (Å²) in [6.07, 6.45) is 3.11. The molecule has 0 spiro atoms. The van der Waals surface area contributed by atoms with Crippen molar-refractivity contribution >= 4 is 29.3 Å². The summed E-state index contributed by atoms with van der Waals surface area (Å²) in [5.41, 5.74) is 1.42. The number of para-hydroxylation sites is 2. The van der Waals surface area contributed by atoms with Crippen molar-refractivity contribution in [3.8, 4) is 5.75 Å². The number of carbonyl (C=O) groups is 1. The second-order valence-corrected chi connectivity index (χ2v) is 4.45. The van der Waals surface area contributed by atoms with Crippen molar-refractivity contribution in [2.45, 2.75) is 0 Å². The number of rotatable bonds is 4. The Morgan fingerprint density at radius 2 is 1.85 bits per heavy atom. The molecule has 0 aliphatic heterocycles. The smallest absolute Gasteiger partial charge is 0.248 e. The molecule has 0 heterocycles. The Morgan fingerprint density at radius 1 is 1.15 bits per heavy atom. The quantitative estimate of drug-likeness (QED) is 0.863. The van der Waals surface area contributed by atoms with Crippen molar-refractivity contribution in [2.75, 3.05) is 12.4 Å². The Hall–Kier alpha value is -2.26. The number of ether oxygens (including phenoxy) is 1. The molecule has 0 aliphatic carbocycles. The summed E-state index contributed by atoms with van der Waals surface area (Å²) in [7, 11) is 1.56. The van der Waals surface area contributed by atoms with Gasteiger partial charge in [-0.25, -0.2) is 0 Å². The average molecular weight is 288 g/mol. The highest BCUT2D eigenvalue weighted by molar-refractivity contribution is 6.32. The number of benzene rings is 2. The van der Waals surface area contributed by atoms with Gasteiger partial charge in [0.25, 0.3) is 0 Å². The van der Waals surface area contributed by atoms with Crippen LogP contribution in [0.3, 0.4) is 0 Å². The predicted molar refractivity (Wildman–Crippen MR) is 82.1 cm³/mol. The first kappa shape index (κ1) is 14.2. The van der Waals surface area contributed by atoms with E-state index < -0.39 is 0 Å². The van der Waals surface area contributed by atoms with Crippen LogP contribution in [0.25, 0.3) is 6.08 Å². The zero-order valence-electron chi connectivity index (χ0n) is 11.0. The summed E-state index contributed by atoms with van der Waals surface area (Å²) in [5.74, 6) is 0.376. The minimum Gasteiger partial charge on any atom is -0.495 e. The van der Waals surface area contributed by atoms with Crippen molar-refractivity contribution in [2.24, 2.45) is 0 Å². The lowest BCUT2D eigenvalue weighted by atomic mass is 10.2. The standard InChI is InChI=1S/C16H14ClNO2/c1-20-15-9-5-4-8-14(15)18-16(19)11-10-12-6-2-3-7-13(12)17/h2-11H,1H3,(H,18,19)/b11-10+. The molecule has 0 unspecified atom stereocenters. The van der Waals surface area contributed by atoms with Gasteiger partial charge in [0.05, 0.1) is 12.8 Å². The van der Waals surface area contributed by atoms with Crippen molar-refractivity contribution in [1.82, 2.24) is 0 Å². The maximum absolute atomic E-state index is 11.9. The first-order valence-corrected chi connectivity index (χ1v) is 6.45. The van der Waals surface area contributed by atoms with Gasteiger partial charge in [-0.1, -0.05) is 41.9 Å². The highest BCUT2D eigenvalue weighted by Crippen LogP contribution is 2.23. The Kier molecular flexibility index (Phi) is 4.80. The number of methoxy groups -OCH3 is 1. The number of halogens is 1. The third-order valence-corrected chi connectivity index (χ3v) is 3.03. The molecule has 3 nitrogen and oxygen atoms in total. The maximum Gasteiger partial charge on any atom is 0.248 e. The Bertz CT molecular complexity index is 638. The molecule has 0 saturated carbocycles. The molecule has 20 heavy (non-hydrogen) atoms. The highest BCUT2D eigenvalue weighted by atomic mass is 35.5. The molecule has 0 saturated heterocycles. The van der Waals surface area contributed by atoms with Crippen LogP contribution in [0.15, 0.2) is 54.6 Å². The lowest BCUT2D eigenvalue weighted by molar-refractivity contribution is -0.111. The molecule has 2 aromatic rings. The Balaban J connectivity index is 2.08. The highest BCUT2D eigenvalue weighted by Gasteiger charge is 2.04. The van der Waals surface area contributed by atoms with Gasteiger partial charge in [0.15, 0.2) is 0 Å². The van der Waals surface area contributed by atoms with E-state index in [1.165, 1.54) is 6.08 Å². The molecule has 4 heteroatoms. The molecule has 0 fully saturated rings. The maximum atomic E-state index is 11.9. The fourth-order valence-corrected chi connectivity index (χ4v) is 1.90. The van der Waals surface area contributed by atoms with Crippen LogP contribution in [0.5, 0.6) is 5.75 Å². The van der Waals surface area contributed by atoms with E-state index in [1.54, 1.807) is 31.4 Å². The van der Waals surface area contributed by atoms with Gasteiger partial charge < -0.3 is 10.1 Å². The van der Waals surface area contributed by atoms with Gasteiger partial charge in [0, 0.05) is 11.1 Å². The fraction of sp³-hybridized carbons (Fsp3) is 0.0625. The zero-order chi connectivity index (χ0) is 14.4. The molecule has 1 N–H and O–H groups in total. The van der Waals surface area contributed by atoms with Crippen LogP contribution in [-0.4, -0.2) is 13.0 Å². The van der Waals surface area contributed by atoms with Crippen LogP contribution in [-0.2, 0) is 4.79 Å². The van der Waals surface area contributed by atoms with E-state index in [4.69, 9.17) is 16.3 Å². The van der Waals surface area contributed by atoms with Crippen LogP contribution in [0.4, 0.5) is 5.69 Å². The molecule has 102 valence electrons. The second kappa shape index (κ2) is 6.78. The third-order valence-electron chi connectivity index (χ3n) is 2.68. The Morgan fingerprint density at radius 3 is 2.60 bits per heavy atom. The molecule has 0 aromatic heterocycles. The SMILES string of the molecule is COc1ccccc1NC(=O)/C=C/c1ccccc1Cl. The number of carbonyl (C=O) groups excluding carboxylic acids is 1. The fourth-order valence-electron chi connectivity index (χ4n) is 1.70. The minimum atomic E-state index is -0.241. The summed E-state index contributed by atoms with van der Waals surface area (Å²) in [4.78, 5) is 11.9. The lowest BCUT2D eigenvalue weighted by Gasteiger charge is -2.07. The van der Waals surface area contributed by atoms with Gasteiger partial charge >= 0.3 is 0 Å². The minimum absolute atomic E-state index is 0.241. The normalized spacial score (nSPS) is 10.5. The number of amides is 1. The summed E-state index contributed by atoms with van der Waals surface area (Å²) >= 11 is 6.01. The molecule has 0 bridgehead atoms. The molecule has 0 atom stereocenters. The first-order valence-electron chi connectivity index (χ1n) is 6.07. The topological polar surface area (TPSA) is 38.3 Å². The van der Waals surface area contributed by atoms with Gasteiger partial charge in [-0.15, -0.1) is 0 Å². The number of hydrogen-bond acceptors (Lipinski definition) is 2. The number of nitrogens with one attached hydrogen (secondary N) is 1. The van der Waals surface area contributed by atoms with E-state index in [-0.39, 0.29) is 5.91 Å².